The number of nitrogens with zero attached hydrogens (tertiary/aromatic N) is 1. The molecule has 3 atom stereocenters. The van der Waals surface area contributed by atoms with Gasteiger partial charge in [0.15, 0.2) is 0 Å². The predicted octanol–water partition coefficient (Wildman–Crippen LogP) is 4.07. The van der Waals surface area contributed by atoms with Gasteiger partial charge in [0.05, 0.1) is 13.2 Å². The molecule has 174 valence electrons. The number of amides is 1. The lowest BCUT2D eigenvalue weighted by molar-refractivity contribution is -0.274. The van der Waals surface area contributed by atoms with Crippen molar-refractivity contribution in [3.05, 3.63) is 23.8 Å². The fourth-order valence-corrected chi connectivity index (χ4v) is 3.15. The maximum atomic E-state index is 12.6. The van der Waals surface area contributed by atoms with Crippen molar-refractivity contribution in [1.82, 2.24) is 5.32 Å². The molecule has 1 aliphatic rings. The highest BCUT2D eigenvalue weighted by atomic mass is 19.4. The minimum Gasteiger partial charge on any atom is -0.490 e. The average molecular weight is 445 g/mol. The number of alkyl halides is 3. The van der Waals surface area contributed by atoms with E-state index in [1.807, 2.05) is 27.7 Å². The Morgan fingerprint density at radius 2 is 2.03 bits per heavy atom. The Morgan fingerprint density at radius 1 is 1.35 bits per heavy atom. The number of nitrogens with one attached hydrogen (secondary N) is 1. The first-order valence-corrected chi connectivity index (χ1v) is 10.0. The van der Waals surface area contributed by atoms with Crippen LogP contribution in [-0.4, -0.2) is 37.5 Å². The van der Waals surface area contributed by atoms with Crippen molar-refractivity contribution in [2.24, 2.45) is 16.1 Å². The minimum atomic E-state index is -4.80. The van der Waals surface area contributed by atoms with Crippen LogP contribution in [0.3, 0.4) is 0 Å². The number of carbonyl (C=O) groups is 1. The monoisotopic (exact) mass is 445 g/mol. The standard InChI is InChI=1S/C21H30F3N3O4/c1-12(26-18(28)20(2,3)4)6-7-13-11-16(27-19(25)29-5)15-10-14(31-21(22,23)24)8-9-17(15)30-13/h8-10,12-13,16H,6-7,11H2,1-5H3,(H2,25,27)(H,26,28)/t12-,13-,16+/m0/s1. The van der Waals surface area contributed by atoms with Gasteiger partial charge in [-0.05, 0) is 38.0 Å². The van der Waals surface area contributed by atoms with Gasteiger partial charge in [0.1, 0.15) is 17.6 Å². The summed E-state index contributed by atoms with van der Waals surface area (Å²) in [5, 5.41) is 2.98. The van der Waals surface area contributed by atoms with Crippen molar-refractivity contribution >= 4 is 11.9 Å². The van der Waals surface area contributed by atoms with Gasteiger partial charge in [0, 0.05) is 23.4 Å². The topological polar surface area (TPSA) is 95.2 Å². The number of fused-ring (bicyclic) bond motifs is 1. The molecule has 31 heavy (non-hydrogen) atoms. The summed E-state index contributed by atoms with van der Waals surface area (Å²) in [5.41, 5.74) is 5.65. The Kier molecular flexibility index (Phi) is 7.67. The largest absolute Gasteiger partial charge is 0.573 e. The fraction of sp³-hybridized carbons (Fsp3) is 0.619. The van der Waals surface area contributed by atoms with Crippen LogP contribution in [0, 0.1) is 5.41 Å². The molecule has 1 aromatic carbocycles. The number of methoxy groups -OCH3 is 1. The summed E-state index contributed by atoms with van der Waals surface area (Å²) < 4.78 is 52.7. The van der Waals surface area contributed by atoms with Crippen molar-refractivity contribution in [3.8, 4) is 11.5 Å². The van der Waals surface area contributed by atoms with Gasteiger partial charge in [-0.25, -0.2) is 4.99 Å². The number of halogens is 3. The first-order chi connectivity index (χ1) is 14.3. The molecule has 1 aromatic rings. The number of amidine groups is 1. The molecule has 1 amide bonds. The normalized spacial score (nSPS) is 20.3. The molecule has 0 radical (unpaired) electrons. The zero-order chi connectivity index (χ0) is 23.4. The lowest BCUT2D eigenvalue weighted by Gasteiger charge is -2.31. The number of aliphatic imine (C=N–C) groups is 1. The van der Waals surface area contributed by atoms with Gasteiger partial charge in [0.2, 0.25) is 5.91 Å². The van der Waals surface area contributed by atoms with E-state index in [0.29, 0.717) is 30.6 Å². The SMILES string of the molecule is COC(N)=N[C@@H]1C[C@H](CC[C@H](C)NC(=O)C(C)(C)C)Oc2ccc(OC(F)(F)F)cc21. The van der Waals surface area contributed by atoms with E-state index in [0.717, 1.165) is 0 Å². The molecular formula is C21H30F3N3O4. The number of hydrogen-bond donors (Lipinski definition) is 2. The Hall–Kier alpha value is -2.65. The van der Waals surface area contributed by atoms with Gasteiger partial charge in [-0.15, -0.1) is 13.2 Å². The lowest BCUT2D eigenvalue weighted by Crippen LogP contribution is -2.41. The molecule has 2 rings (SSSR count). The van der Waals surface area contributed by atoms with Gasteiger partial charge in [-0.2, -0.15) is 0 Å². The summed E-state index contributed by atoms with van der Waals surface area (Å²) in [7, 11) is 1.36. The van der Waals surface area contributed by atoms with Crippen molar-refractivity contribution in [1.29, 1.82) is 0 Å². The van der Waals surface area contributed by atoms with Crippen molar-refractivity contribution in [2.45, 2.75) is 71.5 Å². The summed E-state index contributed by atoms with van der Waals surface area (Å²) in [6, 6.07) is 3.18. The molecule has 1 aliphatic heterocycles. The van der Waals surface area contributed by atoms with Crippen LogP contribution in [0.25, 0.3) is 0 Å². The Balaban J connectivity index is 2.14. The molecule has 0 bridgehead atoms. The number of rotatable bonds is 6. The van der Waals surface area contributed by atoms with Crippen molar-refractivity contribution < 1.29 is 32.2 Å². The van der Waals surface area contributed by atoms with Gasteiger partial charge < -0.3 is 25.3 Å². The second kappa shape index (κ2) is 9.65. The van der Waals surface area contributed by atoms with Crippen LogP contribution in [0.2, 0.25) is 0 Å². The summed E-state index contributed by atoms with van der Waals surface area (Å²) in [5.74, 6) is 0.0141. The summed E-state index contributed by atoms with van der Waals surface area (Å²) in [6.45, 7) is 7.45. The quantitative estimate of drug-likeness (QED) is 0.508. The van der Waals surface area contributed by atoms with Crippen LogP contribution >= 0.6 is 0 Å². The van der Waals surface area contributed by atoms with E-state index in [4.69, 9.17) is 15.2 Å². The molecule has 0 saturated heterocycles. The van der Waals surface area contributed by atoms with E-state index >= 15 is 0 Å². The zero-order valence-corrected chi connectivity index (χ0v) is 18.4. The van der Waals surface area contributed by atoms with Gasteiger partial charge in [-0.3, -0.25) is 4.79 Å². The van der Waals surface area contributed by atoms with E-state index in [1.54, 1.807) is 0 Å². The fourth-order valence-electron chi connectivity index (χ4n) is 3.15. The predicted molar refractivity (Wildman–Crippen MR) is 110 cm³/mol. The minimum absolute atomic E-state index is 0.0394. The smallest absolute Gasteiger partial charge is 0.490 e. The summed E-state index contributed by atoms with van der Waals surface area (Å²) in [4.78, 5) is 16.4. The third kappa shape index (κ3) is 7.52. The van der Waals surface area contributed by atoms with Gasteiger partial charge in [-0.1, -0.05) is 20.8 Å². The number of benzene rings is 1. The molecular weight excluding hydrogens is 415 g/mol. The maximum absolute atomic E-state index is 12.6. The Bertz CT molecular complexity index is 806. The number of hydrogen-bond acceptors (Lipinski definition) is 5. The zero-order valence-electron chi connectivity index (χ0n) is 18.4. The third-order valence-electron chi connectivity index (χ3n) is 4.83. The molecule has 7 nitrogen and oxygen atoms in total. The number of carbonyl (C=O) groups excluding carboxylic acids is 1. The second-order valence-corrected chi connectivity index (χ2v) is 8.61. The highest BCUT2D eigenvalue weighted by Crippen LogP contribution is 2.41. The third-order valence-corrected chi connectivity index (χ3v) is 4.83. The number of nitrogens with two attached hydrogens (primary N) is 1. The van der Waals surface area contributed by atoms with Gasteiger partial charge in [0.25, 0.3) is 6.02 Å². The molecule has 0 saturated carbocycles. The van der Waals surface area contributed by atoms with Crippen LogP contribution in [-0.2, 0) is 9.53 Å². The lowest BCUT2D eigenvalue weighted by atomic mass is 9.93. The van der Waals surface area contributed by atoms with E-state index in [-0.39, 0.29) is 29.8 Å². The molecule has 0 aromatic heterocycles. The Morgan fingerprint density at radius 3 is 2.61 bits per heavy atom. The van der Waals surface area contributed by atoms with E-state index < -0.39 is 17.8 Å². The molecule has 10 heteroatoms. The molecule has 0 aliphatic carbocycles. The van der Waals surface area contributed by atoms with Crippen LogP contribution in [0.5, 0.6) is 11.5 Å². The van der Waals surface area contributed by atoms with Crippen molar-refractivity contribution in [3.63, 3.8) is 0 Å². The molecule has 0 fully saturated rings. The van der Waals surface area contributed by atoms with Crippen LogP contribution in [0.1, 0.15) is 58.6 Å². The molecule has 0 unspecified atom stereocenters. The summed E-state index contributed by atoms with van der Waals surface area (Å²) >= 11 is 0. The van der Waals surface area contributed by atoms with Crippen LogP contribution < -0.4 is 20.5 Å². The van der Waals surface area contributed by atoms with Gasteiger partial charge >= 0.3 is 6.36 Å². The van der Waals surface area contributed by atoms with Crippen LogP contribution in [0.4, 0.5) is 13.2 Å². The van der Waals surface area contributed by atoms with E-state index in [9.17, 15) is 18.0 Å². The van der Waals surface area contributed by atoms with Crippen molar-refractivity contribution in [2.75, 3.05) is 7.11 Å². The first-order valence-electron chi connectivity index (χ1n) is 10.0. The van der Waals surface area contributed by atoms with E-state index in [2.05, 4.69) is 15.0 Å². The molecule has 1 heterocycles. The molecule has 3 N–H and O–H groups in total. The number of ether oxygens (including phenoxy) is 3. The highest BCUT2D eigenvalue weighted by Gasteiger charge is 2.34. The highest BCUT2D eigenvalue weighted by molar-refractivity contribution is 5.81. The maximum Gasteiger partial charge on any atom is 0.573 e. The van der Waals surface area contributed by atoms with E-state index in [1.165, 1.54) is 25.3 Å². The van der Waals surface area contributed by atoms with Crippen LogP contribution in [0.15, 0.2) is 23.2 Å². The first kappa shape index (κ1) is 24.6. The average Bonchev–Trinajstić information content (AvgIpc) is 2.64. The summed E-state index contributed by atoms with van der Waals surface area (Å²) in [6.07, 6.45) is -3.39. The Labute approximate surface area is 180 Å². The second-order valence-electron chi connectivity index (χ2n) is 8.61. The molecule has 0 spiro atoms.